The number of rotatable bonds is 16. The van der Waals surface area contributed by atoms with Gasteiger partial charge in [-0.15, -0.1) is 0 Å². The average molecular weight is 1150 g/mol. The fourth-order valence-corrected chi connectivity index (χ4v) is 9.19. The lowest BCUT2D eigenvalue weighted by molar-refractivity contribution is 0.121. The molecule has 0 atom stereocenters. The molecule has 0 aliphatic heterocycles. The first kappa shape index (κ1) is 74.0. The van der Waals surface area contributed by atoms with E-state index >= 15 is 0 Å². The average Bonchev–Trinajstić information content (AvgIpc) is 3.55. The number of hydrogen-bond acceptors (Lipinski definition) is 11. The minimum Gasteiger partial charge on any atom is -0.488 e. The third kappa shape index (κ3) is 27.6. The molecule has 0 aromatic heterocycles. The van der Waals surface area contributed by atoms with Crippen LogP contribution in [0.1, 0.15) is 232 Å². The molecule has 0 spiro atoms. The zero-order valence-corrected chi connectivity index (χ0v) is 55.3. The number of hydrogen-bond donors (Lipinski definition) is 5. The molecule has 5 aromatic rings. The molecule has 1 aliphatic rings. The Kier molecular flexibility index (Phi) is 30.4. The highest BCUT2D eigenvalue weighted by Crippen LogP contribution is 2.41. The van der Waals surface area contributed by atoms with Gasteiger partial charge in [0.2, 0.25) is 0 Å². The molecular formula is C72H112O11. The van der Waals surface area contributed by atoms with Gasteiger partial charge in [-0.2, -0.15) is 0 Å². The molecule has 466 valence electrons. The first-order valence-electron chi connectivity index (χ1n) is 30.1. The first-order valence-corrected chi connectivity index (χ1v) is 30.1. The molecule has 1 fully saturated rings. The van der Waals surface area contributed by atoms with Crippen molar-refractivity contribution in [2.75, 3.05) is 13.7 Å². The standard InChI is InChI=1S/C17H26O2.C15H24O2.2C14H22O2.C12H18O3/c1-17(2,3)19-16-14(12-18)10-7-11-15(16)13-8-5-4-6-9-13;1-14(2,3)12-9-7-8-11(10-16)13(12)17-15(4,5)6;1-11-7-6-8-12(9-10-15-5)13(11)16-14(2,3)4;1-5-7-11-8-6-9-12(10-15)13(11)16-14(2,3)4;1-12(2,3)15-11-9(7-13)5-4-6-10(11)8-14/h7,10-11,13,18H,4-6,8-9,12H2,1-3H3;7-9,16H,10H2,1-6H3;6-8H,9-10H2,1-5H3;6,8-9,15H,5,7,10H2,1-4H3;4-6,13-14H,7-8H2,1-3H3. The van der Waals surface area contributed by atoms with Crippen molar-refractivity contribution in [3.8, 4) is 28.7 Å². The normalized spacial score (nSPS) is 13.1. The Morgan fingerprint density at radius 1 is 0.386 bits per heavy atom. The second kappa shape index (κ2) is 34.1. The van der Waals surface area contributed by atoms with Crippen molar-refractivity contribution in [1.82, 2.24) is 0 Å². The van der Waals surface area contributed by atoms with Gasteiger partial charge in [-0.3, -0.25) is 0 Å². The molecule has 0 unspecified atom stereocenters. The van der Waals surface area contributed by atoms with Crippen LogP contribution in [-0.2, 0) is 56.0 Å². The fraction of sp³-hybridized carbons (Fsp3) is 0.583. The second-order valence-corrected chi connectivity index (χ2v) is 27.4. The van der Waals surface area contributed by atoms with Crippen LogP contribution < -0.4 is 23.7 Å². The lowest BCUT2D eigenvalue weighted by Gasteiger charge is -2.29. The van der Waals surface area contributed by atoms with Gasteiger partial charge in [-0.25, -0.2) is 0 Å². The molecule has 1 saturated carbocycles. The van der Waals surface area contributed by atoms with Crippen molar-refractivity contribution in [3.63, 3.8) is 0 Å². The van der Waals surface area contributed by atoms with Crippen LogP contribution in [0.15, 0.2) is 91.0 Å². The maximum atomic E-state index is 9.56. The van der Waals surface area contributed by atoms with E-state index in [1.165, 1.54) is 54.4 Å². The Balaban J connectivity index is 0.000000355. The zero-order chi connectivity index (χ0) is 63.0. The molecule has 0 saturated heterocycles. The van der Waals surface area contributed by atoms with E-state index in [2.05, 4.69) is 113 Å². The first-order chi connectivity index (χ1) is 38.5. The van der Waals surface area contributed by atoms with Crippen LogP contribution >= 0.6 is 0 Å². The number of aliphatic hydroxyl groups is 5. The number of aliphatic hydroxyl groups excluding tert-OH is 5. The van der Waals surface area contributed by atoms with Gasteiger partial charge in [0, 0.05) is 34.9 Å². The van der Waals surface area contributed by atoms with Crippen molar-refractivity contribution in [2.45, 2.75) is 262 Å². The molecule has 83 heavy (non-hydrogen) atoms. The molecule has 5 aromatic carbocycles. The molecule has 11 nitrogen and oxygen atoms in total. The molecule has 11 heteroatoms. The summed E-state index contributed by atoms with van der Waals surface area (Å²) < 4.78 is 35.0. The summed E-state index contributed by atoms with van der Waals surface area (Å²) in [5.74, 6) is 4.80. The molecular weight excluding hydrogens is 1040 g/mol. The monoisotopic (exact) mass is 1150 g/mol. The quantitative estimate of drug-likeness (QED) is 0.0641. The highest BCUT2D eigenvalue weighted by molar-refractivity contribution is 5.47. The number of aryl methyl sites for hydroxylation is 2. The third-order valence-electron chi connectivity index (χ3n) is 12.7. The van der Waals surface area contributed by atoms with Crippen LogP contribution in [0.4, 0.5) is 0 Å². The Morgan fingerprint density at radius 2 is 0.711 bits per heavy atom. The summed E-state index contributed by atoms with van der Waals surface area (Å²) in [6.45, 7) is 41.7. The summed E-state index contributed by atoms with van der Waals surface area (Å²) in [5, 5.41) is 46.7. The van der Waals surface area contributed by atoms with Gasteiger partial charge in [-0.05, 0) is 176 Å². The molecule has 0 heterocycles. The van der Waals surface area contributed by atoms with Crippen molar-refractivity contribution in [3.05, 3.63) is 147 Å². The SMILES string of the molecule is CC(C)(C)Oc1c(CO)cccc1C(C)(C)C.CC(C)(C)Oc1c(CO)cccc1C1CCCCC1.CC(C)(C)Oc1c(CO)cccc1CO.CCCc1cccc(CO)c1OC(C)(C)C.COCCc1cccc(C)c1OC(C)(C)C. The van der Waals surface area contributed by atoms with E-state index in [4.69, 9.17) is 28.4 Å². The predicted molar refractivity (Wildman–Crippen MR) is 343 cm³/mol. The zero-order valence-electron chi connectivity index (χ0n) is 55.3. The van der Waals surface area contributed by atoms with Gasteiger partial charge in [0.05, 0.1) is 39.6 Å². The number of para-hydroxylation sites is 5. The lowest BCUT2D eigenvalue weighted by atomic mass is 9.83. The van der Waals surface area contributed by atoms with E-state index in [1.54, 1.807) is 25.3 Å². The third-order valence-corrected chi connectivity index (χ3v) is 12.7. The maximum absolute atomic E-state index is 9.56. The van der Waals surface area contributed by atoms with Crippen LogP contribution in [0.2, 0.25) is 0 Å². The van der Waals surface area contributed by atoms with Gasteiger partial charge in [0.1, 0.15) is 56.8 Å². The second-order valence-electron chi connectivity index (χ2n) is 27.4. The van der Waals surface area contributed by atoms with Crippen molar-refractivity contribution in [2.24, 2.45) is 0 Å². The summed E-state index contributed by atoms with van der Waals surface area (Å²) in [4.78, 5) is 0. The molecule has 0 radical (unpaired) electrons. The van der Waals surface area contributed by atoms with Crippen LogP contribution in [0.25, 0.3) is 0 Å². The Bertz CT molecular complexity index is 2620. The Hall–Kier alpha value is -5.14. The highest BCUT2D eigenvalue weighted by Gasteiger charge is 2.26. The summed E-state index contributed by atoms with van der Waals surface area (Å²) >= 11 is 0. The minimum absolute atomic E-state index is 0.00572. The van der Waals surface area contributed by atoms with Crippen molar-refractivity contribution >= 4 is 0 Å². The maximum Gasteiger partial charge on any atom is 0.131 e. The Morgan fingerprint density at radius 3 is 1.11 bits per heavy atom. The molecule has 0 bridgehead atoms. The number of methoxy groups -OCH3 is 1. The van der Waals surface area contributed by atoms with Gasteiger partial charge < -0.3 is 54.0 Å². The Labute approximate surface area is 503 Å². The summed E-state index contributed by atoms with van der Waals surface area (Å²) in [6.07, 6.45) is 9.42. The molecule has 1 aliphatic carbocycles. The van der Waals surface area contributed by atoms with Gasteiger partial charge in [-0.1, -0.05) is 144 Å². The lowest BCUT2D eigenvalue weighted by Crippen LogP contribution is -2.26. The van der Waals surface area contributed by atoms with Crippen molar-refractivity contribution in [1.29, 1.82) is 0 Å². The molecule has 6 rings (SSSR count). The van der Waals surface area contributed by atoms with E-state index in [-0.39, 0.29) is 66.5 Å². The summed E-state index contributed by atoms with van der Waals surface area (Å²) in [5.41, 5.74) is 8.87. The van der Waals surface area contributed by atoms with Crippen LogP contribution in [0.5, 0.6) is 28.7 Å². The molecule has 5 N–H and O–H groups in total. The van der Waals surface area contributed by atoms with Gasteiger partial charge >= 0.3 is 0 Å². The van der Waals surface area contributed by atoms with E-state index in [1.807, 2.05) is 98.7 Å². The van der Waals surface area contributed by atoms with Crippen LogP contribution in [0, 0.1) is 6.92 Å². The minimum atomic E-state index is -0.338. The summed E-state index contributed by atoms with van der Waals surface area (Å²) in [6, 6.07) is 29.7. The highest BCUT2D eigenvalue weighted by atomic mass is 16.5. The number of ether oxygens (including phenoxy) is 6. The van der Waals surface area contributed by atoms with E-state index < -0.39 is 0 Å². The summed E-state index contributed by atoms with van der Waals surface area (Å²) in [7, 11) is 1.72. The van der Waals surface area contributed by atoms with Gasteiger partial charge in [0.25, 0.3) is 0 Å². The van der Waals surface area contributed by atoms with Gasteiger partial charge in [0.15, 0.2) is 0 Å². The van der Waals surface area contributed by atoms with E-state index in [0.717, 1.165) is 71.1 Å². The predicted octanol–water partition coefficient (Wildman–Crippen LogP) is 16.6. The largest absolute Gasteiger partial charge is 0.488 e. The topological polar surface area (TPSA) is 157 Å². The van der Waals surface area contributed by atoms with E-state index in [9.17, 15) is 25.5 Å². The number of benzene rings is 5. The van der Waals surface area contributed by atoms with E-state index in [0.29, 0.717) is 22.8 Å². The van der Waals surface area contributed by atoms with Crippen LogP contribution in [-0.4, -0.2) is 67.3 Å². The fourth-order valence-electron chi connectivity index (χ4n) is 9.19. The smallest absolute Gasteiger partial charge is 0.131 e. The van der Waals surface area contributed by atoms with Crippen LogP contribution in [0.3, 0.4) is 0 Å². The van der Waals surface area contributed by atoms with Crippen molar-refractivity contribution < 1.29 is 54.0 Å². The molecule has 0 amide bonds.